The number of piperidine rings is 1. The van der Waals surface area contributed by atoms with E-state index >= 15 is 0 Å². The summed E-state index contributed by atoms with van der Waals surface area (Å²) in [5.74, 6) is 0.664. The van der Waals surface area contributed by atoms with E-state index in [0.717, 1.165) is 24.8 Å². The zero-order valence-corrected chi connectivity index (χ0v) is 12.9. The Kier molecular flexibility index (Phi) is 3.22. The number of carbonyl (C=O) groups is 1. The standard InChI is InChI=1S/C18H22N2O2/c1-2-11-7-8-16(22)20-12(10-21)9-14-13-5-3-4-6-15(13)19-17(14)18(11)20/h3-6,11-12,18-19,21H,2,7-10H2,1H3/t11-,12-,18+/m0/s1. The number of H-pyrrole nitrogens is 1. The van der Waals surface area contributed by atoms with Gasteiger partial charge in [-0.1, -0.05) is 31.5 Å². The molecule has 0 radical (unpaired) electrons. The lowest BCUT2D eigenvalue weighted by Crippen LogP contribution is -2.53. The van der Waals surface area contributed by atoms with Crippen molar-refractivity contribution < 1.29 is 9.90 Å². The van der Waals surface area contributed by atoms with Crippen LogP contribution >= 0.6 is 0 Å². The van der Waals surface area contributed by atoms with Gasteiger partial charge in [0.05, 0.1) is 18.7 Å². The summed E-state index contributed by atoms with van der Waals surface area (Å²) in [7, 11) is 0. The van der Waals surface area contributed by atoms with E-state index in [1.165, 1.54) is 16.6 Å². The third-order valence-corrected chi connectivity index (χ3v) is 5.47. The molecule has 4 heteroatoms. The molecule has 22 heavy (non-hydrogen) atoms. The van der Waals surface area contributed by atoms with Crippen molar-refractivity contribution in [2.45, 2.75) is 44.7 Å². The maximum absolute atomic E-state index is 12.5. The molecule has 1 saturated heterocycles. The van der Waals surface area contributed by atoms with E-state index < -0.39 is 0 Å². The first-order chi connectivity index (χ1) is 10.7. The summed E-state index contributed by atoms with van der Waals surface area (Å²) in [5, 5.41) is 11.1. The van der Waals surface area contributed by atoms with Crippen LogP contribution in [-0.4, -0.2) is 33.5 Å². The van der Waals surface area contributed by atoms with Gasteiger partial charge < -0.3 is 15.0 Å². The van der Waals surface area contributed by atoms with Gasteiger partial charge in [-0.25, -0.2) is 0 Å². The molecule has 0 unspecified atom stereocenters. The Morgan fingerprint density at radius 1 is 1.36 bits per heavy atom. The number of para-hydroxylation sites is 1. The predicted molar refractivity (Wildman–Crippen MR) is 85.5 cm³/mol. The summed E-state index contributed by atoms with van der Waals surface area (Å²) in [6.07, 6.45) is 3.36. The number of hydrogen-bond donors (Lipinski definition) is 2. The minimum atomic E-state index is -0.0847. The molecule has 2 aliphatic heterocycles. The number of hydrogen-bond acceptors (Lipinski definition) is 2. The molecule has 2 aromatic rings. The number of benzene rings is 1. The smallest absolute Gasteiger partial charge is 0.223 e. The van der Waals surface area contributed by atoms with Crippen molar-refractivity contribution in [1.29, 1.82) is 0 Å². The van der Waals surface area contributed by atoms with E-state index in [1.807, 2.05) is 11.0 Å². The fourth-order valence-electron chi connectivity index (χ4n) is 4.39. The number of aliphatic hydroxyl groups is 1. The monoisotopic (exact) mass is 298 g/mol. The zero-order chi connectivity index (χ0) is 15.3. The van der Waals surface area contributed by atoms with E-state index in [0.29, 0.717) is 12.3 Å². The van der Waals surface area contributed by atoms with Crippen molar-refractivity contribution in [1.82, 2.24) is 9.88 Å². The van der Waals surface area contributed by atoms with Crippen LogP contribution in [-0.2, 0) is 11.2 Å². The summed E-state index contributed by atoms with van der Waals surface area (Å²) in [4.78, 5) is 18.0. The normalized spacial score (nSPS) is 27.8. The number of carbonyl (C=O) groups excluding carboxylic acids is 1. The van der Waals surface area contributed by atoms with E-state index in [-0.39, 0.29) is 24.6 Å². The molecule has 4 nitrogen and oxygen atoms in total. The number of nitrogens with one attached hydrogen (secondary N) is 1. The predicted octanol–water partition coefficient (Wildman–Crippen LogP) is 2.77. The van der Waals surface area contributed by atoms with Crippen molar-refractivity contribution in [3.8, 4) is 0 Å². The Balaban J connectivity index is 1.92. The number of aliphatic hydroxyl groups excluding tert-OH is 1. The molecular formula is C18H22N2O2. The van der Waals surface area contributed by atoms with Gasteiger partial charge in [-0.15, -0.1) is 0 Å². The van der Waals surface area contributed by atoms with Gasteiger partial charge in [0, 0.05) is 23.0 Å². The van der Waals surface area contributed by atoms with Crippen molar-refractivity contribution in [3.05, 3.63) is 35.5 Å². The van der Waals surface area contributed by atoms with Crippen molar-refractivity contribution in [3.63, 3.8) is 0 Å². The van der Waals surface area contributed by atoms with Crippen LogP contribution in [0.4, 0.5) is 0 Å². The minimum Gasteiger partial charge on any atom is -0.394 e. The van der Waals surface area contributed by atoms with E-state index in [4.69, 9.17) is 0 Å². The van der Waals surface area contributed by atoms with Gasteiger partial charge in [-0.05, 0) is 30.4 Å². The van der Waals surface area contributed by atoms with Crippen LogP contribution in [0, 0.1) is 5.92 Å². The van der Waals surface area contributed by atoms with Crippen LogP contribution in [0.3, 0.4) is 0 Å². The van der Waals surface area contributed by atoms with Gasteiger partial charge in [0.2, 0.25) is 5.91 Å². The third kappa shape index (κ3) is 1.83. The fourth-order valence-corrected chi connectivity index (χ4v) is 4.39. The Morgan fingerprint density at radius 3 is 2.95 bits per heavy atom. The summed E-state index contributed by atoms with van der Waals surface area (Å²) in [5.41, 5.74) is 3.63. The van der Waals surface area contributed by atoms with Gasteiger partial charge in [-0.2, -0.15) is 0 Å². The second-order valence-corrected chi connectivity index (χ2v) is 6.56. The summed E-state index contributed by atoms with van der Waals surface area (Å²) < 4.78 is 0. The number of fused-ring (bicyclic) bond motifs is 5. The van der Waals surface area contributed by atoms with Crippen LogP contribution < -0.4 is 0 Å². The van der Waals surface area contributed by atoms with Crippen LogP contribution in [0.1, 0.15) is 43.5 Å². The average molecular weight is 298 g/mol. The van der Waals surface area contributed by atoms with E-state index in [9.17, 15) is 9.90 Å². The topological polar surface area (TPSA) is 56.3 Å². The van der Waals surface area contributed by atoms with Crippen molar-refractivity contribution in [2.75, 3.05) is 6.61 Å². The molecule has 1 amide bonds. The van der Waals surface area contributed by atoms with Crippen LogP contribution in [0.25, 0.3) is 10.9 Å². The lowest BCUT2D eigenvalue weighted by atomic mass is 9.79. The average Bonchev–Trinajstić information content (AvgIpc) is 2.93. The minimum absolute atomic E-state index is 0.0393. The van der Waals surface area contributed by atoms with Crippen molar-refractivity contribution >= 4 is 16.8 Å². The number of nitrogens with zero attached hydrogens (tertiary/aromatic N) is 1. The molecule has 2 N–H and O–H groups in total. The highest BCUT2D eigenvalue weighted by molar-refractivity contribution is 5.86. The maximum atomic E-state index is 12.5. The van der Waals surface area contributed by atoms with Gasteiger partial charge in [0.25, 0.3) is 0 Å². The lowest BCUT2D eigenvalue weighted by Gasteiger charge is -2.47. The summed E-state index contributed by atoms with van der Waals surface area (Å²) in [6.45, 7) is 2.24. The van der Waals surface area contributed by atoms with Gasteiger partial charge in [0.15, 0.2) is 0 Å². The first kappa shape index (κ1) is 13.8. The second kappa shape index (κ2) is 5.13. The Labute approximate surface area is 130 Å². The quantitative estimate of drug-likeness (QED) is 0.895. The van der Waals surface area contributed by atoms with Crippen LogP contribution in [0.15, 0.2) is 24.3 Å². The first-order valence-electron chi connectivity index (χ1n) is 8.26. The Morgan fingerprint density at radius 2 is 2.18 bits per heavy atom. The highest BCUT2D eigenvalue weighted by Gasteiger charge is 2.44. The largest absolute Gasteiger partial charge is 0.394 e. The van der Waals surface area contributed by atoms with Gasteiger partial charge in [-0.3, -0.25) is 4.79 Å². The van der Waals surface area contributed by atoms with Gasteiger partial charge >= 0.3 is 0 Å². The molecule has 3 atom stereocenters. The number of aromatic amines is 1. The number of amides is 1. The molecule has 1 fully saturated rings. The third-order valence-electron chi connectivity index (χ3n) is 5.47. The Hall–Kier alpha value is -1.81. The number of aromatic nitrogens is 1. The Bertz CT molecular complexity index is 721. The zero-order valence-electron chi connectivity index (χ0n) is 12.9. The molecule has 3 heterocycles. The molecular weight excluding hydrogens is 276 g/mol. The molecule has 0 bridgehead atoms. The molecule has 1 aromatic heterocycles. The molecule has 4 rings (SSSR count). The van der Waals surface area contributed by atoms with E-state index in [1.54, 1.807) is 0 Å². The maximum Gasteiger partial charge on any atom is 0.223 e. The van der Waals surface area contributed by atoms with E-state index in [2.05, 4.69) is 30.1 Å². The molecule has 116 valence electrons. The van der Waals surface area contributed by atoms with Crippen LogP contribution in [0.5, 0.6) is 0 Å². The van der Waals surface area contributed by atoms with Gasteiger partial charge in [0.1, 0.15) is 0 Å². The molecule has 0 spiro atoms. The highest BCUT2D eigenvalue weighted by atomic mass is 16.3. The summed E-state index contributed by atoms with van der Waals surface area (Å²) in [6, 6.07) is 8.34. The lowest BCUT2D eigenvalue weighted by molar-refractivity contribution is -0.145. The molecule has 2 aliphatic rings. The fraction of sp³-hybridized carbons (Fsp3) is 0.500. The summed E-state index contributed by atoms with van der Waals surface area (Å²) >= 11 is 0. The molecule has 1 aromatic carbocycles. The van der Waals surface area contributed by atoms with Crippen LogP contribution in [0.2, 0.25) is 0 Å². The first-order valence-corrected chi connectivity index (χ1v) is 8.26. The number of rotatable bonds is 2. The van der Waals surface area contributed by atoms with Crippen molar-refractivity contribution in [2.24, 2.45) is 5.92 Å². The molecule has 0 aliphatic carbocycles. The highest BCUT2D eigenvalue weighted by Crippen LogP contribution is 2.45. The molecule has 0 saturated carbocycles. The SMILES string of the molecule is CC[C@H]1CCC(=O)N2[C@H](CO)Cc3c([nH]c4ccccc34)[C@@H]12. The second-order valence-electron chi connectivity index (χ2n) is 6.56.